The summed E-state index contributed by atoms with van der Waals surface area (Å²) in [6, 6.07) is 6.68. The maximum atomic E-state index is 12.2. The standard InChI is InChI=1S/C17H22F2N2O3/c18-17(19)24-14-7-5-13(6-8-14)21-9-1-3-12(11-21)20-16(22)15-4-2-10-23-15/h5-8,12,15,17H,1-4,9-11H2,(H,20,22)/t12-,15+/m0/s1. The second-order valence-electron chi connectivity index (χ2n) is 6.17. The van der Waals surface area contributed by atoms with Crippen LogP contribution in [0.15, 0.2) is 24.3 Å². The molecule has 24 heavy (non-hydrogen) atoms. The second kappa shape index (κ2) is 7.79. The number of nitrogens with one attached hydrogen (secondary N) is 1. The van der Waals surface area contributed by atoms with E-state index in [9.17, 15) is 13.6 Å². The van der Waals surface area contributed by atoms with Crippen molar-refractivity contribution in [3.63, 3.8) is 0 Å². The molecule has 1 aromatic rings. The van der Waals surface area contributed by atoms with Gasteiger partial charge in [-0.25, -0.2) is 0 Å². The molecule has 0 bridgehead atoms. The van der Waals surface area contributed by atoms with Crippen LogP contribution in [0.2, 0.25) is 0 Å². The van der Waals surface area contributed by atoms with Gasteiger partial charge >= 0.3 is 6.61 Å². The molecule has 0 radical (unpaired) electrons. The summed E-state index contributed by atoms with van der Waals surface area (Å²) in [5.74, 6) is 0.119. The van der Waals surface area contributed by atoms with Crippen molar-refractivity contribution in [1.29, 1.82) is 0 Å². The number of carbonyl (C=O) groups excluding carboxylic acids is 1. The van der Waals surface area contributed by atoms with Crippen molar-refractivity contribution >= 4 is 11.6 Å². The van der Waals surface area contributed by atoms with E-state index < -0.39 is 6.61 Å². The minimum absolute atomic E-state index is 0.0277. The van der Waals surface area contributed by atoms with Crippen molar-refractivity contribution in [3.05, 3.63) is 24.3 Å². The van der Waals surface area contributed by atoms with Gasteiger partial charge in [0.05, 0.1) is 0 Å². The minimum atomic E-state index is -2.82. The maximum absolute atomic E-state index is 12.2. The van der Waals surface area contributed by atoms with E-state index in [0.717, 1.165) is 37.9 Å². The van der Waals surface area contributed by atoms with Crippen molar-refractivity contribution in [2.75, 3.05) is 24.6 Å². The zero-order chi connectivity index (χ0) is 16.9. The molecule has 7 heteroatoms. The van der Waals surface area contributed by atoms with Gasteiger partial charge in [-0.05, 0) is 49.9 Å². The summed E-state index contributed by atoms with van der Waals surface area (Å²) in [6.45, 7) is -0.584. The Kier molecular flexibility index (Phi) is 5.50. The molecule has 1 N–H and O–H groups in total. The molecule has 2 aliphatic rings. The van der Waals surface area contributed by atoms with Gasteiger partial charge in [0.2, 0.25) is 5.91 Å². The van der Waals surface area contributed by atoms with Gasteiger partial charge in [-0.15, -0.1) is 0 Å². The van der Waals surface area contributed by atoms with Crippen LogP contribution in [0.1, 0.15) is 25.7 Å². The lowest BCUT2D eigenvalue weighted by Gasteiger charge is -2.35. The number of hydrogen-bond donors (Lipinski definition) is 1. The van der Waals surface area contributed by atoms with Crippen LogP contribution in [0.25, 0.3) is 0 Å². The van der Waals surface area contributed by atoms with Crippen LogP contribution in [0.5, 0.6) is 5.75 Å². The third-order valence-electron chi connectivity index (χ3n) is 4.42. The largest absolute Gasteiger partial charge is 0.435 e. The highest BCUT2D eigenvalue weighted by atomic mass is 19.3. The SMILES string of the molecule is O=C(N[C@H]1CCCN(c2ccc(OC(F)F)cc2)C1)[C@H]1CCCO1. The smallest absolute Gasteiger partial charge is 0.387 e. The number of benzene rings is 1. The summed E-state index contributed by atoms with van der Waals surface area (Å²) in [6.07, 6.45) is 3.30. The number of anilines is 1. The fourth-order valence-electron chi connectivity index (χ4n) is 3.25. The molecule has 2 saturated heterocycles. The molecule has 0 saturated carbocycles. The van der Waals surface area contributed by atoms with E-state index in [1.807, 2.05) is 0 Å². The summed E-state index contributed by atoms with van der Waals surface area (Å²) in [5, 5.41) is 3.07. The Morgan fingerprint density at radius 1 is 1.25 bits per heavy atom. The Bertz CT molecular complexity index is 547. The first-order valence-corrected chi connectivity index (χ1v) is 8.33. The summed E-state index contributed by atoms with van der Waals surface area (Å²) in [5.41, 5.74) is 0.938. The lowest BCUT2D eigenvalue weighted by atomic mass is 10.0. The molecule has 132 valence electrons. The molecule has 0 aromatic heterocycles. The van der Waals surface area contributed by atoms with Crippen LogP contribution in [-0.2, 0) is 9.53 Å². The van der Waals surface area contributed by atoms with Crippen LogP contribution in [0.3, 0.4) is 0 Å². The van der Waals surface area contributed by atoms with Crippen molar-refractivity contribution in [3.8, 4) is 5.75 Å². The third-order valence-corrected chi connectivity index (χ3v) is 4.42. The minimum Gasteiger partial charge on any atom is -0.435 e. The molecule has 0 unspecified atom stereocenters. The van der Waals surface area contributed by atoms with Crippen molar-refractivity contribution in [1.82, 2.24) is 5.32 Å². The van der Waals surface area contributed by atoms with Crippen molar-refractivity contribution in [2.24, 2.45) is 0 Å². The molecule has 1 aromatic carbocycles. The Labute approximate surface area is 139 Å². The van der Waals surface area contributed by atoms with E-state index in [1.165, 1.54) is 12.1 Å². The van der Waals surface area contributed by atoms with Crippen molar-refractivity contribution < 1.29 is 23.0 Å². The Morgan fingerprint density at radius 2 is 2.04 bits per heavy atom. The highest BCUT2D eigenvalue weighted by Crippen LogP contribution is 2.24. The highest BCUT2D eigenvalue weighted by Gasteiger charge is 2.27. The van der Waals surface area contributed by atoms with Gasteiger partial charge in [0, 0.05) is 31.4 Å². The number of ether oxygens (including phenoxy) is 2. The Balaban J connectivity index is 1.55. The lowest BCUT2D eigenvalue weighted by molar-refractivity contribution is -0.130. The monoisotopic (exact) mass is 340 g/mol. The fraction of sp³-hybridized carbons (Fsp3) is 0.588. The molecule has 0 spiro atoms. The van der Waals surface area contributed by atoms with E-state index >= 15 is 0 Å². The molecule has 5 nitrogen and oxygen atoms in total. The van der Waals surface area contributed by atoms with Crippen LogP contribution in [0.4, 0.5) is 14.5 Å². The molecule has 0 aliphatic carbocycles. The number of hydrogen-bond acceptors (Lipinski definition) is 4. The molecule has 1 amide bonds. The van der Waals surface area contributed by atoms with Gasteiger partial charge in [0.1, 0.15) is 11.9 Å². The first kappa shape index (κ1) is 17.0. The number of nitrogens with zero attached hydrogens (tertiary/aromatic N) is 1. The molecule has 2 heterocycles. The van der Waals surface area contributed by atoms with Crippen LogP contribution in [0, 0.1) is 0 Å². The zero-order valence-corrected chi connectivity index (χ0v) is 13.4. The maximum Gasteiger partial charge on any atom is 0.387 e. The van der Waals surface area contributed by atoms with E-state index in [2.05, 4.69) is 15.0 Å². The molecular weight excluding hydrogens is 318 g/mol. The van der Waals surface area contributed by atoms with Gasteiger partial charge in [-0.2, -0.15) is 8.78 Å². The Morgan fingerprint density at radius 3 is 2.71 bits per heavy atom. The quantitative estimate of drug-likeness (QED) is 0.895. The lowest BCUT2D eigenvalue weighted by Crippen LogP contribution is -2.50. The summed E-state index contributed by atoms with van der Waals surface area (Å²) >= 11 is 0. The zero-order valence-electron chi connectivity index (χ0n) is 13.4. The van der Waals surface area contributed by atoms with E-state index in [4.69, 9.17) is 4.74 Å². The van der Waals surface area contributed by atoms with Gasteiger partial charge in [0.15, 0.2) is 0 Å². The van der Waals surface area contributed by atoms with Crippen LogP contribution < -0.4 is 15.0 Å². The van der Waals surface area contributed by atoms with Crippen LogP contribution >= 0.6 is 0 Å². The Hall–Kier alpha value is -1.89. The number of amides is 1. The number of alkyl halides is 2. The number of rotatable bonds is 5. The van der Waals surface area contributed by atoms with Crippen molar-refractivity contribution in [2.45, 2.75) is 44.4 Å². The van der Waals surface area contributed by atoms with Gasteiger partial charge in [0.25, 0.3) is 0 Å². The fourth-order valence-corrected chi connectivity index (χ4v) is 3.25. The summed E-state index contributed by atoms with van der Waals surface area (Å²) < 4.78 is 34.2. The molecule has 2 aliphatic heterocycles. The molecular formula is C17H22F2N2O3. The van der Waals surface area contributed by atoms with E-state index in [0.29, 0.717) is 13.2 Å². The number of halogens is 2. The average molecular weight is 340 g/mol. The van der Waals surface area contributed by atoms with E-state index in [-0.39, 0.29) is 23.8 Å². The average Bonchev–Trinajstić information content (AvgIpc) is 3.10. The first-order valence-electron chi connectivity index (χ1n) is 8.33. The van der Waals surface area contributed by atoms with Gasteiger partial charge < -0.3 is 19.7 Å². The normalized spacial score (nSPS) is 24.2. The molecule has 2 fully saturated rings. The predicted molar refractivity (Wildman–Crippen MR) is 85.4 cm³/mol. The van der Waals surface area contributed by atoms with Gasteiger partial charge in [-0.1, -0.05) is 0 Å². The third kappa shape index (κ3) is 4.35. The second-order valence-corrected chi connectivity index (χ2v) is 6.17. The highest BCUT2D eigenvalue weighted by molar-refractivity contribution is 5.81. The number of carbonyl (C=O) groups is 1. The van der Waals surface area contributed by atoms with Crippen LogP contribution in [-0.4, -0.2) is 44.4 Å². The molecule has 2 atom stereocenters. The van der Waals surface area contributed by atoms with Gasteiger partial charge in [-0.3, -0.25) is 4.79 Å². The first-order chi connectivity index (χ1) is 11.6. The predicted octanol–water partition coefficient (Wildman–Crippen LogP) is 2.55. The topological polar surface area (TPSA) is 50.8 Å². The molecule has 3 rings (SSSR count). The number of piperidine rings is 1. The summed E-state index contributed by atoms with van der Waals surface area (Å²) in [7, 11) is 0. The summed E-state index contributed by atoms with van der Waals surface area (Å²) in [4.78, 5) is 14.3. The van der Waals surface area contributed by atoms with E-state index in [1.54, 1.807) is 12.1 Å².